The Labute approximate surface area is 129 Å². The number of pyridine rings is 1. The number of nitrogens with one attached hydrogen (secondary N) is 1. The molecule has 2 aromatic rings. The Morgan fingerprint density at radius 2 is 2.05 bits per heavy atom. The molecule has 114 valence electrons. The number of anilines is 1. The van der Waals surface area contributed by atoms with Crippen LogP contribution in [0.5, 0.6) is 0 Å². The summed E-state index contributed by atoms with van der Waals surface area (Å²) in [5.74, 6) is -0.0796. The van der Waals surface area contributed by atoms with Crippen molar-refractivity contribution in [2.45, 2.75) is 12.5 Å². The van der Waals surface area contributed by atoms with E-state index in [0.29, 0.717) is 0 Å². The van der Waals surface area contributed by atoms with Crippen LogP contribution in [0.15, 0.2) is 48.8 Å². The second-order valence-corrected chi connectivity index (χ2v) is 5.40. The maximum absolute atomic E-state index is 12.2. The van der Waals surface area contributed by atoms with Crippen LogP contribution in [0.25, 0.3) is 0 Å². The van der Waals surface area contributed by atoms with E-state index >= 15 is 0 Å². The van der Waals surface area contributed by atoms with Gasteiger partial charge in [-0.05, 0) is 29.7 Å². The topological polar surface area (TPSA) is 65.5 Å². The molecule has 5 nitrogen and oxygen atoms in total. The lowest BCUT2D eigenvalue weighted by molar-refractivity contribution is -0.118. The zero-order valence-corrected chi connectivity index (χ0v) is 12.3. The van der Waals surface area contributed by atoms with Crippen LogP contribution in [0.1, 0.15) is 17.2 Å². The van der Waals surface area contributed by atoms with E-state index in [-0.39, 0.29) is 25.1 Å². The molecule has 0 fully saturated rings. The van der Waals surface area contributed by atoms with E-state index in [2.05, 4.69) is 16.4 Å². The molecule has 0 saturated heterocycles. The summed E-state index contributed by atoms with van der Waals surface area (Å²) in [4.78, 5) is 18.1. The molecular weight excluding hydrogens is 278 g/mol. The van der Waals surface area contributed by atoms with Crippen LogP contribution in [-0.4, -0.2) is 40.6 Å². The van der Waals surface area contributed by atoms with E-state index in [4.69, 9.17) is 0 Å². The van der Waals surface area contributed by atoms with Gasteiger partial charge in [0, 0.05) is 24.6 Å². The lowest BCUT2D eigenvalue weighted by Crippen LogP contribution is -2.42. The van der Waals surface area contributed by atoms with Gasteiger partial charge in [0.25, 0.3) is 0 Å². The highest BCUT2D eigenvalue weighted by Gasteiger charge is 2.27. The van der Waals surface area contributed by atoms with Gasteiger partial charge in [0.05, 0.1) is 19.2 Å². The fourth-order valence-corrected chi connectivity index (χ4v) is 2.93. The van der Waals surface area contributed by atoms with Crippen molar-refractivity contribution >= 4 is 11.6 Å². The van der Waals surface area contributed by atoms with Crippen molar-refractivity contribution in [1.82, 2.24) is 9.88 Å². The van der Waals surface area contributed by atoms with Gasteiger partial charge in [-0.15, -0.1) is 0 Å². The highest BCUT2D eigenvalue weighted by Crippen LogP contribution is 2.28. The molecule has 3 rings (SSSR count). The van der Waals surface area contributed by atoms with E-state index in [9.17, 15) is 9.90 Å². The second-order valence-electron chi connectivity index (χ2n) is 5.40. The number of carbonyl (C=O) groups excluding carboxylic acids is 1. The van der Waals surface area contributed by atoms with Gasteiger partial charge in [-0.3, -0.25) is 14.7 Å². The third kappa shape index (κ3) is 3.16. The minimum absolute atomic E-state index is 0.0134. The molecule has 0 spiro atoms. The van der Waals surface area contributed by atoms with Crippen molar-refractivity contribution in [1.29, 1.82) is 0 Å². The number of aliphatic hydroxyl groups excluding tert-OH is 1. The Kier molecular flexibility index (Phi) is 4.46. The Morgan fingerprint density at radius 1 is 1.27 bits per heavy atom. The number of nitrogens with zero attached hydrogens (tertiary/aromatic N) is 2. The Morgan fingerprint density at radius 3 is 2.82 bits per heavy atom. The zero-order chi connectivity index (χ0) is 15.4. The summed E-state index contributed by atoms with van der Waals surface area (Å²) in [5.41, 5.74) is 3.11. The van der Waals surface area contributed by atoms with Crippen LogP contribution in [0.3, 0.4) is 0 Å². The molecule has 1 unspecified atom stereocenters. The molecule has 1 aromatic carbocycles. The molecule has 1 aliphatic rings. The van der Waals surface area contributed by atoms with Crippen molar-refractivity contribution < 1.29 is 9.90 Å². The summed E-state index contributed by atoms with van der Waals surface area (Å²) in [7, 11) is 0. The van der Waals surface area contributed by atoms with E-state index < -0.39 is 0 Å². The lowest BCUT2D eigenvalue weighted by atomic mass is 9.93. The first-order chi connectivity index (χ1) is 10.8. The summed E-state index contributed by atoms with van der Waals surface area (Å²) >= 11 is 0. The average molecular weight is 297 g/mol. The van der Waals surface area contributed by atoms with Crippen LogP contribution in [0, 0.1) is 0 Å². The fraction of sp³-hybridized carbons (Fsp3) is 0.294. The number of aliphatic hydroxyl groups is 1. The third-order valence-corrected chi connectivity index (χ3v) is 4.01. The minimum atomic E-state index is -0.117. The van der Waals surface area contributed by atoms with Gasteiger partial charge in [0.15, 0.2) is 0 Å². The molecule has 2 N–H and O–H groups in total. The molecule has 1 aliphatic heterocycles. The molecular formula is C17H19N3O2. The predicted molar refractivity (Wildman–Crippen MR) is 84.4 cm³/mol. The van der Waals surface area contributed by atoms with Crippen LogP contribution in [-0.2, 0) is 11.2 Å². The van der Waals surface area contributed by atoms with Crippen molar-refractivity contribution in [2.24, 2.45) is 0 Å². The number of hydrogen-bond donors (Lipinski definition) is 2. The number of aromatic nitrogens is 1. The van der Waals surface area contributed by atoms with Crippen molar-refractivity contribution in [2.75, 3.05) is 25.0 Å². The second kappa shape index (κ2) is 6.68. The van der Waals surface area contributed by atoms with Crippen molar-refractivity contribution in [3.8, 4) is 0 Å². The molecule has 1 aromatic heterocycles. The van der Waals surface area contributed by atoms with Gasteiger partial charge in [-0.1, -0.05) is 24.3 Å². The van der Waals surface area contributed by atoms with E-state index in [1.54, 1.807) is 24.5 Å². The smallest absolute Gasteiger partial charge is 0.238 e. The van der Waals surface area contributed by atoms with E-state index in [0.717, 1.165) is 24.2 Å². The largest absolute Gasteiger partial charge is 0.394 e. The molecule has 22 heavy (non-hydrogen) atoms. The maximum Gasteiger partial charge on any atom is 0.238 e. The SMILES string of the molecule is O=C(CN1CCc2ccccc2C1CO)Nc1ccncc1. The first-order valence-electron chi connectivity index (χ1n) is 7.40. The summed E-state index contributed by atoms with van der Waals surface area (Å²) < 4.78 is 0. The van der Waals surface area contributed by atoms with Crippen LogP contribution < -0.4 is 5.32 Å². The third-order valence-electron chi connectivity index (χ3n) is 4.01. The van der Waals surface area contributed by atoms with Gasteiger partial charge < -0.3 is 10.4 Å². The molecule has 0 aliphatic carbocycles. The Bertz CT molecular complexity index is 645. The number of carbonyl (C=O) groups is 1. The first kappa shape index (κ1) is 14.7. The zero-order valence-electron chi connectivity index (χ0n) is 12.3. The van der Waals surface area contributed by atoms with E-state index in [1.165, 1.54) is 5.56 Å². The maximum atomic E-state index is 12.2. The number of amides is 1. The van der Waals surface area contributed by atoms with E-state index in [1.807, 2.05) is 23.1 Å². The Balaban J connectivity index is 1.69. The highest BCUT2D eigenvalue weighted by atomic mass is 16.3. The summed E-state index contributed by atoms with van der Waals surface area (Å²) in [5, 5.41) is 12.6. The van der Waals surface area contributed by atoms with Gasteiger partial charge in [-0.25, -0.2) is 0 Å². The van der Waals surface area contributed by atoms with Gasteiger partial charge in [-0.2, -0.15) is 0 Å². The van der Waals surface area contributed by atoms with Gasteiger partial charge in [0.2, 0.25) is 5.91 Å². The number of fused-ring (bicyclic) bond motifs is 1. The highest BCUT2D eigenvalue weighted by molar-refractivity contribution is 5.92. The van der Waals surface area contributed by atoms with Crippen molar-refractivity contribution in [3.05, 3.63) is 59.9 Å². The summed E-state index contributed by atoms with van der Waals surface area (Å²) in [6.07, 6.45) is 4.18. The Hall–Kier alpha value is -2.24. The summed E-state index contributed by atoms with van der Waals surface area (Å²) in [6.45, 7) is 1.05. The molecule has 0 radical (unpaired) electrons. The number of hydrogen-bond acceptors (Lipinski definition) is 4. The molecule has 5 heteroatoms. The monoisotopic (exact) mass is 297 g/mol. The number of benzene rings is 1. The quantitative estimate of drug-likeness (QED) is 0.900. The molecule has 2 heterocycles. The molecule has 1 amide bonds. The minimum Gasteiger partial charge on any atom is -0.394 e. The number of rotatable bonds is 4. The average Bonchev–Trinajstić information content (AvgIpc) is 2.55. The molecule has 0 bridgehead atoms. The van der Waals surface area contributed by atoms with Crippen LogP contribution in [0.4, 0.5) is 5.69 Å². The van der Waals surface area contributed by atoms with Crippen molar-refractivity contribution in [3.63, 3.8) is 0 Å². The van der Waals surface area contributed by atoms with Gasteiger partial charge in [0.1, 0.15) is 0 Å². The van der Waals surface area contributed by atoms with Gasteiger partial charge >= 0.3 is 0 Å². The normalized spacial score (nSPS) is 17.8. The standard InChI is InChI=1S/C17H19N3O2/c21-12-16-15-4-2-1-3-13(15)7-10-20(16)11-17(22)19-14-5-8-18-9-6-14/h1-6,8-9,16,21H,7,10-12H2,(H,18,19,22). The summed E-state index contributed by atoms with van der Waals surface area (Å²) in [6, 6.07) is 11.5. The van der Waals surface area contributed by atoms with Crippen LogP contribution in [0.2, 0.25) is 0 Å². The predicted octanol–water partition coefficient (Wildman–Crippen LogP) is 1.61. The first-order valence-corrected chi connectivity index (χ1v) is 7.40. The molecule has 1 atom stereocenters. The fourth-order valence-electron chi connectivity index (χ4n) is 2.93. The lowest BCUT2D eigenvalue weighted by Gasteiger charge is -2.35. The van der Waals surface area contributed by atoms with Crippen LogP contribution >= 0.6 is 0 Å². The molecule has 0 saturated carbocycles.